The number of aliphatic hydroxyl groups is 1. The second-order valence-corrected chi connectivity index (χ2v) is 5.74. The molecule has 0 atom stereocenters. The van der Waals surface area contributed by atoms with E-state index in [0.29, 0.717) is 24.7 Å². The molecule has 3 N–H and O–H groups in total. The largest absolute Gasteiger partial charge is 0.493 e. The number of ether oxygens (including phenoxy) is 2. The first-order valence-corrected chi connectivity index (χ1v) is 7.99. The van der Waals surface area contributed by atoms with Crippen LogP contribution in [0.15, 0.2) is 46.9 Å². The molecule has 118 valence electrons. The van der Waals surface area contributed by atoms with Gasteiger partial charge in [0.05, 0.1) is 24.7 Å². The number of aliphatic hydroxyl groups excluding tert-OH is 1. The van der Waals surface area contributed by atoms with Crippen LogP contribution in [0, 0.1) is 0 Å². The fourth-order valence-electron chi connectivity index (χ4n) is 2.12. The van der Waals surface area contributed by atoms with E-state index in [1.165, 1.54) is 0 Å². The lowest BCUT2D eigenvalue weighted by molar-refractivity contribution is -0.671. The van der Waals surface area contributed by atoms with Crippen LogP contribution in [0.2, 0.25) is 0 Å². The Labute approximate surface area is 139 Å². The second kappa shape index (κ2) is 8.78. The molecule has 0 aliphatic rings. The summed E-state index contributed by atoms with van der Waals surface area (Å²) in [6, 6.07) is 14.0. The molecule has 0 heterocycles. The number of hydrogen-bond acceptors (Lipinski definition) is 3. The molecule has 0 radical (unpaired) electrons. The molecule has 0 bridgehead atoms. The maximum absolute atomic E-state index is 8.84. The Bertz CT molecular complexity index is 590. The third kappa shape index (κ3) is 4.73. The van der Waals surface area contributed by atoms with Gasteiger partial charge in [0.15, 0.2) is 11.5 Å². The predicted octanol–water partition coefficient (Wildman–Crippen LogP) is 2.09. The minimum atomic E-state index is 0.177. The summed E-state index contributed by atoms with van der Waals surface area (Å²) >= 11 is 3.55. The molecule has 5 heteroatoms. The van der Waals surface area contributed by atoms with Gasteiger partial charge in [0.2, 0.25) is 0 Å². The van der Waals surface area contributed by atoms with Crippen LogP contribution in [0.3, 0.4) is 0 Å². The molecule has 0 saturated carbocycles. The van der Waals surface area contributed by atoms with Crippen molar-refractivity contribution in [2.24, 2.45) is 0 Å². The maximum atomic E-state index is 8.84. The van der Waals surface area contributed by atoms with E-state index < -0.39 is 0 Å². The van der Waals surface area contributed by atoms with Gasteiger partial charge < -0.3 is 19.9 Å². The topological polar surface area (TPSA) is 55.3 Å². The monoisotopic (exact) mass is 366 g/mol. The highest BCUT2D eigenvalue weighted by Crippen LogP contribution is 2.37. The molecular formula is C17H21BrNO3+. The van der Waals surface area contributed by atoms with Crippen LogP contribution in [0.5, 0.6) is 11.5 Å². The molecular weight excluding hydrogens is 346 g/mol. The minimum absolute atomic E-state index is 0.177. The van der Waals surface area contributed by atoms with Crippen molar-refractivity contribution in [3.63, 3.8) is 0 Å². The molecule has 0 saturated heterocycles. The van der Waals surface area contributed by atoms with Gasteiger partial charge in [-0.2, -0.15) is 0 Å². The highest BCUT2D eigenvalue weighted by atomic mass is 79.9. The van der Waals surface area contributed by atoms with Gasteiger partial charge in [0, 0.05) is 5.56 Å². The number of halogens is 1. The van der Waals surface area contributed by atoms with Crippen molar-refractivity contribution >= 4 is 15.9 Å². The van der Waals surface area contributed by atoms with Crippen LogP contribution < -0.4 is 14.8 Å². The summed E-state index contributed by atoms with van der Waals surface area (Å²) in [7, 11) is 1.64. The summed E-state index contributed by atoms with van der Waals surface area (Å²) < 4.78 is 12.2. The molecule has 0 unspecified atom stereocenters. The number of quaternary nitrogens is 1. The van der Waals surface area contributed by atoms with E-state index in [0.717, 1.165) is 22.1 Å². The van der Waals surface area contributed by atoms with Crippen molar-refractivity contribution in [3.8, 4) is 11.5 Å². The van der Waals surface area contributed by atoms with E-state index in [1.54, 1.807) is 7.11 Å². The van der Waals surface area contributed by atoms with Gasteiger partial charge in [-0.05, 0) is 33.6 Å². The van der Waals surface area contributed by atoms with E-state index in [1.807, 2.05) is 47.8 Å². The lowest BCUT2D eigenvalue weighted by Gasteiger charge is -2.14. The van der Waals surface area contributed by atoms with Crippen molar-refractivity contribution in [1.82, 2.24) is 0 Å². The summed E-state index contributed by atoms with van der Waals surface area (Å²) in [4.78, 5) is 0. The molecule has 2 rings (SSSR count). The predicted molar refractivity (Wildman–Crippen MR) is 89.1 cm³/mol. The summed E-state index contributed by atoms with van der Waals surface area (Å²) in [6.07, 6.45) is 0. The normalized spacial score (nSPS) is 10.5. The molecule has 0 fully saturated rings. The zero-order valence-electron chi connectivity index (χ0n) is 12.6. The molecule has 2 aromatic carbocycles. The van der Waals surface area contributed by atoms with Crippen LogP contribution in [-0.4, -0.2) is 25.4 Å². The van der Waals surface area contributed by atoms with Gasteiger partial charge in [0.25, 0.3) is 0 Å². The first-order valence-electron chi connectivity index (χ1n) is 7.20. The lowest BCUT2D eigenvalue weighted by atomic mass is 10.2. The Morgan fingerprint density at radius 1 is 1.14 bits per heavy atom. The number of nitrogens with two attached hydrogens (primary N) is 1. The summed E-state index contributed by atoms with van der Waals surface area (Å²) in [5, 5.41) is 10.9. The Balaban J connectivity index is 2.09. The van der Waals surface area contributed by atoms with Crippen LogP contribution in [-0.2, 0) is 13.2 Å². The molecule has 2 aromatic rings. The van der Waals surface area contributed by atoms with Gasteiger partial charge >= 0.3 is 0 Å². The van der Waals surface area contributed by atoms with Crippen molar-refractivity contribution in [2.75, 3.05) is 20.3 Å². The molecule has 0 aliphatic heterocycles. The number of methoxy groups -OCH3 is 1. The van der Waals surface area contributed by atoms with Crippen molar-refractivity contribution in [2.45, 2.75) is 13.2 Å². The number of hydrogen-bond donors (Lipinski definition) is 2. The Kier molecular flexibility index (Phi) is 6.71. The molecule has 0 amide bonds. The Morgan fingerprint density at radius 2 is 1.91 bits per heavy atom. The quantitative estimate of drug-likeness (QED) is 0.703. The fourth-order valence-corrected chi connectivity index (χ4v) is 2.72. The van der Waals surface area contributed by atoms with E-state index in [4.69, 9.17) is 14.6 Å². The highest BCUT2D eigenvalue weighted by Gasteiger charge is 2.12. The van der Waals surface area contributed by atoms with E-state index in [2.05, 4.69) is 15.9 Å². The van der Waals surface area contributed by atoms with Crippen molar-refractivity contribution in [1.29, 1.82) is 0 Å². The van der Waals surface area contributed by atoms with Gasteiger partial charge in [-0.15, -0.1) is 0 Å². The van der Waals surface area contributed by atoms with Crippen LogP contribution in [0.4, 0.5) is 0 Å². The van der Waals surface area contributed by atoms with Crippen molar-refractivity contribution in [3.05, 3.63) is 58.1 Å². The van der Waals surface area contributed by atoms with Gasteiger partial charge in [-0.3, -0.25) is 0 Å². The number of rotatable bonds is 8. The second-order valence-electron chi connectivity index (χ2n) is 4.89. The van der Waals surface area contributed by atoms with E-state index in [-0.39, 0.29) is 6.61 Å². The number of benzene rings is 2. The summed E-state index contributed by atoms with van der Waals surface area (Å²) in [5.74, 6) is 1.41. The Hall–Kier alpha value is -1.56. The van der Waals surface area contributed by atoms with E-state index >= 15 is 0 Å². The zero-order chi connectivity index (χ0) is 15.8. The Morgan fingerprint density at radius 3 is 2.59 bits per heavy atom. The van der Waals surface area contributed by atoms with Gasteiger partial charge in [0.1, 0.15) is 13.2 Å². The maximum Gasteiger partial charge on any atom is 0.175 e. The van der Waals surface area contributed by atoms with Crippen LogP contribution >= 0.6 is 15.9 Å². The molecule has 0 aliphatic carbocycles. The average Bonchev–Trinajstić information content (AvgIpc) is 2.54. The third-order valence-electron chi connectivity index (χ3n) is 3.23. The smallest absolute Gasteiger partial charge is 0.175 e. The van der Waals surface area contributed by atoms with Crippen LogP contribution in [0.25, 0.3) is 0 Å². The standard InChI is InChI=1S/C17H20BrNO3/c1-21-16-10-14(11-19-7-8-20)9-15(18)17(16)22-12-13-5-3-2-4-6-13/h2-6,9-10,19-20H,7-8,11-12H2,1H3/p+1. The summed E-state index contributed by atoms with van der Waals surface area (Å²) in [5.41, 5.74) is 2.22. The van der Waals surface area contributed by atoms with Crippen LogP contribution in [0.1, 0.15) is 11.1 Å². The average molecular weight is 367 g/mol. The molecule has 22 heavy (non-hydrogen) atoms. The highest BCUT2D eigenvalue weighted by molar-refractivity contribution is 9.10. The van der Waals surface area contributed by atoms with Crippen molar-refractivity contribution < 1.29 is 19.9 Å². The zero-order valence-corrected chi connectivity index (χ0v) is 14.2. The first kappa shape index (κ1) is 16.8. The SMILES string of the molecule is COc1cc(C[NH2+]CCO)cc(Br)c1OCc1ccccc1. The van der Waals surface area contributed by atoms with E-state index in [9.17, 15) is 0 Å². The first-order chi connectivity index (χ1) is 10.7. The molecule has 4 nitrogen and oxygen atoms in total. The fraction of sp³-hybridized carbons (Fsp3) is 0.294. The minimum Gasteiger partial charge on any atom is -0.493 e. The molecule has 0 aromatic heterocycles. The summed E-state index contributed by atoms with van der Waals surface area (Å²) in [6.45, 7) is 2.14. The third-order valence-corrected chi connectivity index (χ3v) is 3.82. The lowest BCUT2D eigenvalue weighted by Crippen LogP contribution is -2.83. The molecule has 0 spiro atoms. The van der Waals surface area contributed by atoms with Gasteiger partial charge in [-0.25, -0.2) is 0 Å². The van der Waals surface area contributed by atoms with Gasteiger partial charge in [-0.1, -0.05) is 30.3 Å².